The number of nitrogens with one attached hydrogen (secondary N) is 2. The second kappa shape index (κ2) is 6.91. The quantitative estimate of drug-likeness (QED) is 0.776. The second-order valence-corrected chi connectivity index (χ2v) is 6.24. The van der Waals surface area contributed by atoms with Gasteiger partial charge in [-0.3, -0.25) is 0 Å². The van der Waals surface area contributed by atoms with Gasteiger partial charge in [0.2, 0.25) is 0 Å². The molecule has 1 saturated carbocycles. The molecule has 2 rings (SSSR count). The molecule has 0 spiro atoms. The number of rotatable bonds is 5. The van der Waals surface area contributed by atoms with Crippen molar-refractivity contribution in [2.45, 2.75) is 38.2 Å². The van der Waals surface area contributed by atoms with Crippen molar-refractivity contribution in [3.05, 3.63) is 22.4 Å². The predicted octanol–water partition coefficient (Wildman–Crippen LogP) is 2.31. The third-order valence-corrected chi connectivity index (χ3v) is 4.85. The fraction of sp³-hybridized carbons (Fsp3) is 0.643. The van der Waals surface area contributed by atoms with Gasteiger partial charge < -0.3 is 15.7 Å². The van der Waals surface area contributed by atoms with E-state index in [-0.39, 0.29) is 18.1 Å². The van der Waals surface area contributed by atoms with Crippen molar-refractivity contribution in [2.24, 2.45) is 5.92 Å². The van der Waals surface area contributed by atoms with Crippen LogP contribution in [0.5, 0.6) is 0 Å². The van der Waals surface area contributed by atoms with Gasteiger partial charge in [-0.05, 0) is 24.3 Å². The Kier molecular flexibility index (Phi) is 5.22. The fourth-order valence-electron chi connectivity index (χ4n) is 2.46. The molecule has 3 N–H and O–H groups in total. The lowest BCUT2D eigenvalue weighted by atomic mass is 10.1. The molecule has 0 saturated heterocycles. The van der Waals surface area contributed by atoms with Gasteiger partial charge in [0.25, 0.3) is 0 Å². The zero-order chi connectivity index (χ0) is 13.7. The highest BCUT2D eigenvalue weighted by molar-refractivity contribution is 7.10. The highest BCUT2D eigenvalue weighted by atomic mass is 32.1. The smallest absolute Gasteiger partial charge is 0.314 e. The van der Waals surface area contributed by atoms with Crippen LogP contribution in [-0.4, -0.2) is 30.3 Å². The first-order valence-corrected chi connectivity index (χ1v) is 7.78. The lowest BCUT2D eigenvalue weighted by molar-refractivity contribution is 0.132. The minimum atomic E-state index is -0.245. The molecule has 1 aliphatic rings. The van der Waals surface area contributed by atoms with Crippen molar-refractivity contribution in [3.63, 3.8) is 0 Å². The molecule has 0 unspecified atom stereocenters. The Morgan fingerprint density at radius 1 is 1.53 bits per heavy atom. The Labute approximate surface area is 118 Å². The lowest BCUT2D eigenvalue weighted by Crippen LogP contribution is -2.40. The van der Waals surface area contributed by atoms with E-state index in [9.17, 15) is 9.90 Å². The van der Waals surface area contributed by atoms with Crippen molar-refractivity contribution in [1.82, 2.24) is 10.6 Å². The Morgan fingerprint density at radius 3 is 3.00 bits per heavy atom. The van der Waals surface area contributed by atoms with Gasteiger partial charge in [0.05, 0.1) is 6.10 Å². The highest BCUT2D eigenvalue weighted by Gasteiger charge is 2.25. The van der Waals surface area contributed by atoms with Crippen LogP contribution in [0.4, 0.5) is 4.79 Å². The summed E-state index contributed by atoms with van der Waals surface area (Å²) in [5.74, 6) is 0.559. The molecule has 19 heavy (non-hydrogen) atoms. The Bertz CT molecular complexity index is 394. The zero-order valence-electron chi connectivity index (χ0n) is 11.3. The highest BCUT2D eigenvalue weighted by Crippen LogP contribution is 2.24. The van der Waals surface area contributed by atoms with Crippen molar-refractivity contribution in [1.29, 1.82) is 0 Å². The van der Waals surface area contributed by atoms with Crippen LogP contribution in [0.3, 0.4) is 0 Å². The van der Waals surface area contributed by atoms with Gasteiger partial charge in [0.1, 0.15) is 0 Å². The summed E-state index contributed by atoms with van der Waals surface area (Å²) in [5.41, 5.74) is 0. The van der Waals surface area contributed by atoms with E-state index in [4.69, 9.17) is 0 Å². The molecule has 1 heterocycles. The molecule has 3 atom stereocenters. The van der Waals surface area contributed by atoms with Crippen LogP contribution in [0.25, 0.3) is 0 Å². The number of amides is 2. The van der Waals surface area contributed by atoms with E-state index in [1.807, 2.05) is 11.4 Å². The predicted molar refractivity (Wildman–Crippen MR) is 77.5 cm³/mol. The summed E-state index contributed by atoms with van der Waals surface area (Å²) in [7, 11) is 0. The molecule has 5 heteroatoms. The normalized spacial score (nSPS) is 24.1. The number of carbonyl (C=O) groups is 1. The maximum Gasteiger partial charge on any atom is 0.314 e. The van der Waals surface area contributed by atoms with Crippen molar-refractivity contribution >= 4 is 17.4 Å². The SMILES string of the molecule is C[C@H](CNC(=O)NC[C@H]1CCC[C@H]1O)c1cccs1. The molecule has 0 aliphatic heterocycles. The molecule has 0 bridgehead atoms. The molecule has 2 amide bonds. The van der Waals surface area contributed by atoms with Gasteiger partial charge in [-0.2, -0.15) is 0 Å². The van der Waals surface area contributed by atoms with Gasteiger partial charge in [-0.15, -0.1) is 11.3 Å². The molecule has 106 valence electrons. The van der Waals surface area contributed by atoms with Crippen molar-refractivity contribution in [2.75, 3.05) is 13.1 Å². The molecule has 4 nitrogen and oxygen atoms in total. The molecule has 1 fully saturated rings. The largest absolute Gasteiger partial charge is 0.393 e. The summed E-state index contributed by atoms with van der Waals surface area (Å²) >= 11 is 1.71. The first kappa shape index (κ1) is 14.3. The molecule has 1 aliphatic carbocycles. The van der Waals surface area contributed by atoms with E-state index in [2.05, 4.69) is 23.6 Å². The third-order valence-electron chi connectivity index (χ3n) is 3.74. The van der Waals surface area contributed by atoms with E-state index < -0.39 is 0 Å². The fourth-order valence-corrected chi connectivity index (χ4v) is 3.25. The van der Waals surface area contributed by atoms with E-state index >= 15 is 0 Å². The summed E-state index contributed by atoms with van der Waals surface area (Å²) < 4.78 is 0. The average Bonchev–Trinajstić information content (AvgIpc) is 3.05. The van der Waals surface area contributed by atoms with E-state index in [0.29, 0.717) is 19.0 Å². The summed E-state index contributed by atoms with van der Waals surface area (Å²) in [6, 6.07) is 3.98. The second-order valence-electron chi connectivity index (χ2n) is 5.27. The monoisotopic (exact) mass is 282 g/mol. The van der Waals surface area contributed by atoms with E-state index in [1.54, 1.807) is 11.3 Å². The standard InChI is InChI=1S/C14H22N2O2S/c1-10(13-6-3-7-19-13)8-15-14(18)16-9-11-4-2-5-12(11)17/h3,6-7,10-12,17H,2,4-5,8-9H2,1H3,(H2,15,16,18)/t10-,11-,12-/m1/s1. The number of carbonyl (C=O) groups excluding carboxylic acids is 1. The summed E-state index contributed by atoms with van der Waals surface area (Å²) in [5, 5.41) is 17.5. The van der Waals surface area contributed by atoms with Crippen LogP contribution < -0.4 is 10.6 Å². The Balaban J connectivity index is 1.64. The van der Waals surface area contributed by atoms with Gasteiger partial charge in [0, 0.05) is 29.8 Å². The molecular formula is C14H22N2O2S. The number of aliphatic hydroxyl groups is 1. The number of aliphatic hydroxyl groups excluding tert-OH is 1. The molecular weight excluding hydrogens is 260 g/mol. The van der Waals surface area contributed by atoms with Gasteiger partial charge in [-0.25, -0.2) is 4.79 Å². The number of urea groups is 1. The van der Waals surface area contributed by atoms with Crippen molar-refractivity contribution in [3.8, 4) is 0 Å². The minimum Gasteiger partial charge on any atom is -0.393 e. The van der Waals surface area contributed by atoms with Crippen LogP contribution in [0.1, 0.15) is 37.0 Å². The van der Waals surface area contributed by atoms with Crippen LogP contribution in [0, 0.1) is 5.92 Å². The number of hydrogen-bond acceptors (Lipinski definition) is 3. The maximum absolute atomic E-state index is 11.7. The molecule has 1 aromatic heterocycles. The lowest BCUT2D eigenvalue weighted by Gasteiger charge is -2.16. The summed E-state index contributed by atoms with van der Waals surface area (Å²) in [6.45, 7) is 3.31. The molecule has 0 aromatic carbocycles. The minimum absolute atomic E-state index is 0.137. The van der Waals surface area contributed by atoms with Gasteiger partial charge in [0.15, 0.2) is 0 Å². The van der Waals surface area contributed by atoms with Gasteiger partial charge in [-0.1, -0.05) is 19.4 Å². The maximum atomic E-state index is 11.7. The first-order valence-electron chi connectivity index (χ1n) is 6.90. The summed E-state index contributed by atoms with van der Waals surface area (Å²) in [4.78, 5) is 13.0. The summed E-state index contributed by atoms with van der Waals surface area (Å²) in [6.07, 6.45) is 2.69. The third kappa shape index (κ3) is 4.21. The van der Waals surface area contributed by atoms with E-state index in [0.717, 1.165) is 19.3 Å². The average molecular weight is 282 g/mol. The van der Waals surface area contributed by atoms with Crippen LogP contribution in [0.15, 0.2) is 17.5 Å². The topological polar surface area (TPSA) is 61.4 Å². The number of thiophene rings is 1. The zero-order valence-corrected chi connectivity index (χ0v) is 12.1. The Hall–Kier alpha value is -1.07. The van der Waals surface area contributed by atoms with Crippen LogP contribution in [0.2, 0.25) is 0 Å². The Morgan fingerprint density at radius 2 is 2.37 bits per heavy atom. The number of hydrogen-bond donors (Lipinski definition) is 3. The van der Waals surface area contributed by atoms with Crippen molar-refractivity contribution < 1.29 is 9.90 Å². The first-order chi connectivity index (χ1) is 9.16. The van der Waals surface area contributed by atoms with Crippen LogP contribution in [-0.2, 0) is 0 Å². The van der Waals surface area contributed by atoms with E-state index in [1.165, 1.54) is 4.88 Å². The molecule has 0 radical (unpaired) electrons. The molecule has 1 aromatic rings. The van der Waals surface area contributed by atoms with Crippen LogP contribution >= 0.6 is 11.3 Å². The van der Waals surface area contributed by atoms with Gasteiger partial charge >= 0.3 is 6.03 Å².